The van der Waals surface area contributed by atoms with Crippen LogP contribution in [0.2, 0.25) is 0 Å². The van der Waals surface area contributed by atoms with Crippen LogP contribution in [0.5, 0.6) is 0 Å². The molecule has 5 rings (SSSR count). The fourth-order valence-electron chi connectivity index (χ4n) is 4.82. The molecular weight excluding hydrogens is 530 g/mol. The first-order valence-corrected chi connectivity index (χ1v) is 14.5. The average Bonchev–Trinajstić information content (AvgIpc) is 3.54. The Bertz CT molecular complexity index is 1800. The fourth-order valence-corrected chi connectivity index (χ4v) is 5.51. The Kier molecular flexibility index (Phi) is 8.58. The Morgan fingerprint density at radius 2 is 1.85 bits per heavy atom. The molecule has 5 aromatic rings. The molecule has 0 aliphatic rings. The van der Waals surface area contributed by atoms with Gasteiger partial charge >= 0.3 is 0 Å². The van der Waals surface area contributed by atoms with E-state index in [9.17, 15) is 9.59 Å². The Morgan fingerprint density at radius 3 is 2.59 bits per heavy atom. The van der Waals surface area contributed by atoms with Gasteiger partial charge in [-0.15, -0.1) is 11.3 Å². The van der Waals surface area contributed by atoms with E-state index >= 15 is 0 Å². The van der Waals surface area contributed by atoms with E-state index in [0.29, 0.717) is 25.1 Å². The lowest BCUT2D eigenvalue weighted by Crippen LogP contribution is -2.24. The summed E-state index contributed by atoms with van der Waals surface area (Å²) < 4.78 is 3.39. The zero-order valence-corrected chi connectivity index (χ0v) is 24.7. The molecule has 0 amide bonds. The molecule has 41 heavy (non-hydrogen) atoms. The van der Waals surface area contributed by atoms with Crippen LogP contribution in [0.3, 0.4) is 0 Å². The van der Waals surface area contributed by atoms with E-state index in [2.05, 4.69) is 60.1 Å². The summed E-state index contributed by atoms with van der Waals surface area (Å²) in [7, 11) is 5.94. The standard InChI is InChI=1S/C33H33N5O2S/c1-23-32(33(40)38(37(23)4)22-28-9-7-17-41-28)30(39)10-6-5-8-24-15-16-29-27(18-24)20-34-31(35-29)19-25-11-13-26(14-12-25)21-36(2)3/h7,9,11-18,20H,6,10,19,21-22H2,1-4H3. The molecule has 8 heteroatoms. The topological polar surface area (TPSA) is 73.0 Å². The summed E-state index contributed by atoms with van der Waals surface area (Å²) in [6.07, 6.45) is 3.08. The molecule has 0 saturated heterocycles. The number of carbonyl (C=O) groups is 1. The van der Waals surface area contributed by atoms with E-state index in [1.54, 1.807) is 20.7 Å². The van der Waals surface area contributed by atoms with Crippen molar-refractivity contribution in [3.63, 3.8) is 0 Å². The third kappa shape index (κ3) is 6.71. The highest BCUT2D eigenvalue weighted by atomic mass is 32.1. The Labute approximate surface area is 244 Å². The van der Waals surface area contributed by atoms with Crippen molar-refractivity contribution >= 4 is 28.0 Å². The monoisotopic (exact) mass is 563 g/mol. The molecule has 0 atom stereocenters. The molecule has 0 bridgehead atoms. The number of hydrogen-bond donors (Lipinski definition) is 0. The fraction of sp³-hybridized carbons (Fsp3) is 0.273. The minimum Gasteiger partial charge on any atom is -0.305 e. The van der Waals surface area contributed by atoms with Gasteiger partial charge < -0.3 is 4.90 Å². The molecule has 0 N–H and O–H groups in total. The molecule has 208 valence electrons. The average molecular weight is 564 g/mol. The highest BCUT2D eigenvalue weighted by Crippen LogP contribution is 2.16. The summed E-state index contributed by atoms with van der Waals surface area (Å²) in [5, 5.41) is 2.90. The minimum absolute atomic E-state index is 0.172. The lowest BCUT2D eigenvalue weighted by Gasteiger charge is -2.10. The maximum atomic E-state index is 13.0. The van der Waals surface area contributed by atoms with Gasteiger partial charge in [0.15, 0.2) is 5.78 Å². The summed E-state index contributed by atoms with van der Waals surface area (Å²) in [6, 6.07) is 18.4. The molecular formula is C33H33N5O2S. The van der Waals surface area contributed by atoms with Crippen molar-refractivity contribution in [2.24, 2.45) is 7.05 Å². The minimum atomic E-state index is -0.244. The molecule has 2 aromatic carbocycles. The zero-order chi connectivity index (χ0) is 28.9. The van der Waals surface area contributed by atoms with Crippen LogP contribution in [-0.2, 0) is 26.6 Å². The van der Waals surface area contributed by atoms with Crippen molar-refractivity contribution in [2.45, 2.75) is 39.3 Å². The predicted molar refractivity (Wildman–Crippen MR) is 164 cm³/mol. The second-order valence-electron chi connectivity index (χ2n) is 10.4. The third-order valence-electron chi connectivity index (χ3n) is 7.05. The van der Waals surface area contributed by atoms with E-state index < -0.39 is 0 Å². The van der Waals surface area contributed by atoms with Gasteiger partial charge in [0.05, 0.1) is 12.1 Å². The first kappa shape index (κ1) is 28.2. The smallest absolute Gasteiger partial charge is 0.278 e. The Hall–Kier alpha value is -4.32. The summed E-state index contributed by atoms with van der Waals surface area (Å²) in [5.74, 6) is 6.85. The first-order chi connectivity index (χ1) is 19.8. The van der Waals surface area contributed by atoms with Crippen LogP contribution in [0.4, 0.5) is 0 Å². The second kappa shape index (κ2) is 12.5. The lowest BCUT2D eigenvalue weighted by atomic mass is 10.1. The van der Waals surface area contributed by atoms with Gasteiger partial charge in [-0.1, -0.05) is 42.2 Å². The molecule has 3 aromatic heterocycles. The number of Topliss-reactive ketones (excluding diaryl/α,β-unsaturated/α-hetero) is 1. The van der Waals surface area contributed by atoms with Gasteiger partial charge in [-0.3, -0.25) is 14.3 Å². The summed E-state index contributed by atoms with van der Waals surface area (Å²) >= 11 is 1.59. The number of ketones is 1. The van der Waals surface area contributed by atoms with Crippen molar-refractivity contribution in [3.05, 3.63) is 115 Å². The number of rotatable bonds is 9. The van der Waals surface area contributed by atoms with E-state index in [1.807, 2.05) is 55.9 Å². The molecule has 0 fully saturated rings. The van der Waals surface area contributed by atoms with E-state index in [1.165, 1.54) is 11.1 Å². The summed E-state index contributed by atoms with van der Waals surface area (Å²) in [4.78, 5) is 38.5. The molecule has 7 nitrogen and oxygen atoms in total. The highest BCUT2D eigenvalue weighted by Gasteiger charge is 2.21. The number of aromatic nitrogens is 4. The maximum Gasteiger partial charge on any atom is 0.278 e. The number of hydrogen-bond acceptors (Lipinski definition) is 6. The Balaban J connectivity index is 1.21. The van der Waals surface area contributed by atoms with E-state index in [0.717, 1.165) is 33.7 Å². The van der Waals surface area contributed by atoms with Crippen molar-refractivity contribution in [1.82, 2.24) is 24.2 Å². The second-order valence-corrected chi connectivity index (χ2v) is 11.5. The van der Waals surface area contributed by atoms with Crippen molar-refractivity contribution in [1.29, 1.82) is 0 Å². The van der Waals surface area contributed by atoms with Crippen LogP contribution in [-0.4, -0.2) is 44.1 Å². The number of nitrogens with zero attached hydrogens (tertiary/aromatic N) is 5. The molecule has 0 radical (unpaired) electrons. The van der Waals surface area contributed by atoms with Gasteiger partial charge in [0.25, 0.3) is 5.56 Å². The van der Waals surface area contributed by atoms with Crippen LogP contribution < -0.4 is 5.56 Å². The van der Waals surface area contributed by atoms with Crippen LogP contribution in [0.25, 0.3) is 10.9 Å². The van der Waals surface area contributed by atoms with Gasteiger partial charge in [0.2, 0.25) is 0 Å². The number of thiophene rings is 1. The van der Waals surface area contributed by atoms with Crippen molar-refractivity contribution < 1.29 is 4.79 Å². The lowest BCUT2D eigenvalue weighted by molar-refractivity contribution is 0.0982. The number of carbonyl (C=O) groups excluding carboxylic acids is 1. The van der Waals surface area contributed by atoms with Gasteiger partial charge in [0.1, 0.15) is 11.4 Å². The largest absolute Gasteiger partial charge is 0.305 e. The van der Waals surface area contributed by atoms with E-state index in [-0.39, 0.29) is 23.3 Å². The molecule has 3 heterocycles. The highest BCUT2D eigenvalue weighted by molar-refractivity contribution is 7.09. The summed E-state index contributed by atoms with van der Waals surface area (Å²) in [5.41, 5.74) is 4.86. The molecule has 0 aliphatic heterocycles. The third-order valence-corrected chi connectivity index (χ3v) is 7.91. The normalized spacial score (nSPS) is 11.1. The Morgan fingerprint density at radius 1 is 1.07 bits per heavy atom. The predicted octanol–water partition coefficient (Wildman–Crippen LogP) is 5.22. The molecule has 0 saturated carbocycles. The van der Waals surface area contributed by atoms with Crippen molar-refractivity contribution in [3.8, 4) is 11.8 Å². The van der Waals surface area contributed by atoms with Crippen LogP contribution in [0.1, 0.15) is 56.3 Å². The van der Waals surface area contributed by atoms with Crippen molar-refractivity contribution in [2.75, 3.05) is 14.1 Å². The van der Waals surface area contributed by atoms with E-state index in [4.69, 9.17) is 4.98 Å². The van der Waals surface area contributed by atoms with Crippen LogP contribution in [0.15, 0.2) is 71.0 Å². The van der Waals surface area contributed by atoms with Crippen LogP contribution >= 0.6 is 11.3 Å². The first-order valence-electron chi connectivity index (χ1n) is 13.6. The quantitative estimate of drug-likeness (QED) is 0.182. The molecule has 0 aliphatic carbocycles. The maximum absolute atomic E-state index is 13.0. The number of fused-ring (bicyclic) bond motifs is 1. The molecule has 0 spiro atoms. The van der Waals surface area contributed by atoms with Gasteiger partial charge in [-0.05, 0) is 61.8 Å². The summed E-state index contributed by atoms with van der Waals surface area (Å²) in [6.45, 7) is 3.19. The zero-order valence-electron chi connectivity index (χ0n) is 23.8. The van der Waals surface area contributed by atoms with Gasteiger partial charge in [0, 0.05) is 60.6 Å². The van der Waals surface area contributed by atoms with Gasteiger partial charge in [-0.2, -0.15) is 0 Å². The SMILES string of the molecule is Cc1c(C(=O)CCC#Cc2ccc3nc(Cc4ccc(CN(C)C)cc4)ncc3c2)c(=O)n(Cc2cccs2)n1C. The van der Waals surface area contributed by atoms with Gasteiger partial charge in [-0.25, -0.2) is 14.6 Å². The molecule has 0 unspecified atom stereocenters. The number of benzene rings is 2. The van der Waals surface area contributed by atoms with Crippen LogP contribution in [0, 0.1) is 18.8 Å².